The first-order valence-corrected chi connectivity index (χ1v) is 8.22. The molecule has 6 nitrogen and oxygen atoms in total. The van der Waals surface area contributed by atoms with Crippen molar-refractivity contribution >= 4 is 17.7 Å². The Kier molecular flexibility index (Phi) is 5.75. The molecule has 132 valence electrons. The molecule has 1 heterocycles. The maximum absolute atomic E-state index is 12.3. The molecule has 2 aromatic rings. The van der Waals surface area contributed by atoms with Crippen LogP contribution >= 0.6 is 0 Å². The normalized spacial score (nSPS) is 11.1. The topological polar surface area (TPSA) is 99.3 Å². The lowest BCUT2D eigenvalue weighted by Gasteiger charge is -2.26. The van der Waals surface area contributed by atoms with E-state index < -0.39 is 11.4 Å². The van der Waals surface area contributed by atoms with Crippen molar-refractivity contribution in [2.24, 2.45) is 5.41 Å². The molecule has 6 heteroatoms. The summed E-state index contributed by atoms with van der Waals surface area (Å²) in [6, 6.07) is 8.00. The molecule has 0 unspecified atom stereocenters. The van der Waals surface area contributed by atoms with Crippen molar-refractivity contribution in [1.82, 2.24) is 10.3 Å². The van der Waals surface area contributed by atoms with Crippen molar-refractivity contribution in [2.75, 3.05) is 6.54 Å². The number of carboxylic acid groups (broad SMARTS) is 1. The molecule has 0 bridgehead atoms. The highest BCUT2D eigenvalue weighted by Gasteiger charge is 2.35. The molecule has 0 atom stereocenters. The van der Waals surface area contributed by atoms with Crippen molar-refractivity contribution < 1.29 is 19.5 Å². The second-order valence-corrected chi connectivity index (χ2v) is 5.98. The summed E-state index contributed by atoms with van der Waals surface area (Å²) in [7, 11) is 0. The van der Waals surface area contributed by atoms with Crippen LogP contribution in [0.25, 0.3) is 0 Å². The lowest BCUT2D eigenvalue weighted by Crippen LogP contribution is -2.42. The van der Waals surface area contributed by atoms with E-state index in [4.69, 9.17) is 0 Å². The first kappa shape index (κ1) is 18.4. The van der Waals surface area contributed by atoms with Gasteiger partial charge in [-0.15, -0.1) is 0 Å². The molecule has 0 radical (unpaired) electrons. The molecule has 3 N–H and O–H groups in total. The third kappa shape index (κ3) is 3.96. The molecule has 0 saturated carbocycles. The van der Waals surface area contributed by atoms with Crippen molar-refractivity contribution in [1.29, 1.82) is 0 Å². The third-order valence-electron chi connectivity index (χ3n) is 4.66. The van der Waals surface area contributed by atoms with Gasteiger partial charge in [0.25, 0.3) is 5.91 Å². The Morgan fingerprint density at radius 2 is 1.60 bits per heavy atom. The Bertz CT molecular complexity index is 744. The number of amides is 1. The van der Waals surface area contributed by atoms with Crippen LogP contribution in [0.5, 0.6) is 0 Å². The number of aromatic nitrogens is 1. The number of carbonyl (C=O) groups is 3. The summed E-state index contributed by atoms with van der Waals surface area (Å²) in [5.74, 6) is -1.39. The summed E-state index contributed by atoms with van der Waals surface area (Å²) in [6.45, 7) is 3.66. The zero-order valence-corrected chi connectivity index (χ0v) is 14.3. The highest BCUT2D eigenvalue weighted by Crippen LogP contribution is 2.25. The predicted molar refractivity (Wildman–Crippen MR) is 93.7 cm³/mol. The van der Waals surface area contributed by atoms with Crippen LogP contribution < -0.4 is 5.32 Å². The quantitative estimate of drug-likeness (QED) is 0.642. The van der Waals surface area contributed by atoms with Crippen LogP contribution in [0, 0.1) is 5.41 Å². The number of carboxylic acids is 1. The molecule has 0 aliphatic rings. The maximum atomic E-state index is 12.3. The Hall–Kier alpha value is -2.89. The van der Waals surface area contributed by atoms with Gasteiger partial charge in [0.05, 0.1) is 5.41 Å². The number of rotatable bonds is 8. The van der Waals surface area contributed by atoms with Crippen LogP contribution in [-0.4, -0.2) is 34.3 Å². The Balaban J connectivity index is 2.05. The fourth-order valence-electron chi connectivity index (χ4n) is 2.63. The van der Waals surface area contributed by atoms with Crippen LogP contribution in [0.2, 0.25) is 0 Å². The fraction of sp³-hybridized carbons (Fsp3) is 0.316. The first-order chi connectivity index (χ1) is 11.9. The number of hydrogen-bond acceptors (Lipinski definition) is 3. The van der Waals surface area contributed by atoms with Gasteiger partial charge in [-0.25, -0.2) is 0 Å². The SMILES string of the molecule is CCC(CC)(CNC(=O)c1ccc(C(=O)c2cc[nH]c2)cc1)C(=O)O. The van der Waals surface area contributed by atoms with Crippen LogP contribution in [0.15, 0.2) is 42.7 Å². The lowest BCUT2D eigenvalue weighted by atomic mass is 9.82. The van der Waals surface area contributed by atoms with E-state index in [2.05, 4.69) is 10.3 Å². The van der Waals surface area contributed by atoms with Gasteiger partial charge in [-0.1, -0.05) is 26.0 Å². The molecule has 1 aromatic carbocycles. The fourth-order valence-corrected chi connectivity index (χ4v) is 2.63. The number of aromatic amines is 1. The molecule has 0 spiro atoms. The number of ketones is 1. The Morgan fingerprint density at radius 3 is 2.08 bits per heavy atom. The summed E-state index contributed by atoms with van der Waals surface area (Å²) in [5, 5.41) is 12.1. The number of carbonyl (C=O) groups excluding carboxylic acids is 2. The minimum atomic E-state index is -0.958. The van der Waals surface area contributed by atoms with Gasteiger partial charge in [0.1, 0.15) is 0 Å². The molecule has 0 aliphatic heterocycles. The minimum absolute atomic E-state index is 0.0677. The number of aliphatic carboxylic acids is 1. The summed E-state index contributed by atoms with van der Waals surface area (Å²) in [5.41, 5.74) is 0.462. The molecule has 0 aliphatic carbocycles. The average Bonchev–Trinajstić information content (AvgIpc) is 3.16. The number of nitrogens with one attached hydrogen (secondary N) is 2. The molecule has 2 rings (SSSR count). The molecule has 0 fully saturated rings. The van der Waals surface area contributed by atoms with Crippen molar-refractivity contribution in [2.45, 2.75) is 26.7 Å². The van der Waals surface area contributed by atoms with Crippen LogP contribution in [-0.2, 0) is 4.79 Å². The van der Waals surface area contributed by atoms with E-state index in [0.717, 1.165) is 0 Å². The minimum Gasteiger partial charge on any atom is -0.481 e. The predicted octanol–water partition coefficient (Wildman–Crippen LogP) is 2.87. The highest BCUT2D eigenvalue weighted by molar-refractivity contribution is 6.09. The summed E-state index contributed by atoms with van der Waals surface area (Å²) >= 11 is 0. The van der Waals surface area contributed by atoms with E-state index >= 15 is 0 Å². The number of H-pyrrole nitrogens is 1. The molecular weight excluding hydrogens is 320 g/mol. The third-order valence-corrected chi connectivity index (χ3v) is 4.66. The van der Waals surface area contributed by atoms with Crippen molar-refractivity contribution in [3.8, 4) is 0 Å². The van der Waals surface area contributed by atoms with Gasteiger partial charge in [-0.3, -0.25) is 14.4 Å². The summed E-state index contributed by atoms with van der Waals surface area (Å²) in [6.07, 6.45) is 4.15. The zero-order chi connectivity index (χ0) is 18.4. The van der Waals surface area contributed by atoms with E-state index in [1.807, 2.05) is 0 Å². The summed E-state index contributed by atoms with van der Waals surface area (Å²) in [4.78, 5) is 38.8. The molecular formula is C19H22N2O4. The largest absolute Gasteiger partial charge is 0.481 e. The van der Waals surface area contributed by atoms with Gasteiger partial charge >= 0.3 is 5.97 Å². The second-order valence-electron chi connectivity index (χ2n) is 5.98. The van der Waals surface area contributed by atoms with E-state index in [9.17, 15) is 19.5 Å². The maximum Gasteiger partial charge on any atom is 0.311 e. The Morgan fingerprint density at radius 1 is 1.00 bits per heavy atom. The number of hydrogen-bond donors (Lipinski definition) is 3. The zero-order valence-electron chi connectivity index (χ0n) is 14.3. The van der Waals surface area contributed by atoms with Crippen LogP contribution in [0.4, 0.5) is 0 Å². The van der Waals surface area contributed by atoms with Crippen molar-refractivity contribution in [3.05, 3.63) is 59.4 Å². The molecule has 1 aromatic heterocycles. The highest BCUT2D eigenvalue weighted by atomic mass is 16.4. The van der Waals surface area contributed by atoms with Gasteiger partial charge in [-0.05, 0) is 31.0 Å². The smallest absolute Gasteiger partial charge is 0.311 e. The van der Waals surface area contributed by atoms with Gasteiger partial charge < -0.3 is 15.4 Å². The van der Waals surface area contributed by atoms with Gasteiger partial charge in [0.15, 0.2) is 5.78 Å². The van der Waals surface area contributed by atoms with Gasteiger partial charge in [0.2, 0.25) is 0 Å². The van der Waals surface area contributed by atoms with E-state index in [-0.39, 0.29) is 18.2 Å². The standard InChI is InChI=1S/C19H22N2O4/c1-3-19(4-2,18(24)25)12-21-17(23)14-7-5-13(6-8-14)16(22)15-9-10-20-11-15/h5-11,20H,3-4,12H2,1-2H3,(H,21,23)(H,24,25). The van der Waals surface area contributed by atoms with E-state index in [1.54, 1.807) is 56.6 Å². The van der Waals surface area contributed by atoms with Gasteiger partial charge in [0, 0.05) is 35.6 Å². The first-order valence-electron chi connectivity index (χ1n) is 8.22. The monoisotopic (exact) mass is 342 g/mol. The molecule has 0 saturated heterocycles. The van der Waals surface area contributed by atoms with Crippen molar-refractivity contribution in [3.63, 3.8) is 0 Å². The summed E-state index contributed by atoms with van der Waals surface area (Å²) < 4.78 is 0. The average molecular weight is 342 g/mol. The number of benzene rings is 1. The Labute approximate surface area is 146 Å². The second kappa shape index (κ2) is 7.79. The van der Waals surface area contributed by atoms with E-state index in [1.165, 1.54) is 0 Å². The van der Waals surface area contributed by atoms with Crippen LogP contribution in [0.3, 0.4) is 0 Å². The van der Waals surface area contributed by atoms with Crippen LogP contribution in [0.1, 0.15) is 53.0 Å². The van der Waals surface area contributed by atoms with E-state index in [0.29, 0.717) is 29.5 Å². The van der Waals surface area contributed by atoms with Gasteiger partial charge in [-0.2, -0.15) is 0 Å². The molecule has 25 heavy (non-hydrogen) atoms. The lowest BCUT2D eigenvalue weighted by molar-refractivity contribution is -0.149. The molecule has 1 amide bonds.